The molecule has 1 aromatic heterocycles. The molecule has 0 fully saturated rings. The zero-order chi connectivity index (χ0) is 17.5. The number of nitrogens with one attached hydrogen (secondary N) is 1. The topological polar surface area (TPSA) is 97.0 Å². The van der Waals surface area contributed by atoms with Gasteiger partial charge in [-0.3, -0.25) is 9.59 Å². The summed E-state index contributed by atoms with van der Waals surface area (Å²) < 4.78 is 7.07. The Morgan fingerprint density at radius 2 is 2.08 bits per heavy atom. The summed E-state index contributed by atoms with van der Waals surface area (Å²) in [5, 5.41) is 15.7. The lowest BCUT2D eigenvalue weighted by atomic mass is 10.0. The van der Waals surface area contributed by atoms with E-state index in [9.17, 15) is 9.59 Å². The van der Waals surface area contributed by atoms with Crippen molar-refractivity contribution in [3.8, 4) is 17.5 Å². The zero-order valence-electron chi connectivity index (χ0n) is 13.5. The highest BCUT2D eigenvalue weighted by atomic mass is 16.5. The fourth-order valence-corrected chi connectivity index (χ4v) is 2.08. The monoisotopic (exact) mass is 326 g/mol. The van der Waals surface area contributed by atoms with Crippen LogP contribution in [0.3, 0.4) is 0 Å². The number of carbonyl (C=O) groups excluding carboxylic acids is 2. The number of hydrogen-bond acceptors (Lipinski definition) is 5. The number of hydrogen-bond donors (Lipinski definition) is 1. The van der Waals surface area contributed by atoms with Gasteiger partial charge in [0.1, 0.15) is 0 Å². The maximum Gasteiger partial charge on any atom is 0.245 e. The highest BCUT2D eigenvalue weighted by molar-refractivity contribution is 6.12. The number of amides is 1. The predicted octanol–water partition coefficient (Wildman–Crippen LogP) is 1.73. The Balaban J connectivity index is 2.43. The van der Waals surface area contributed by atoms with Crippen LogP contribution in [0.5, 0.6) is 5.75 Å². The molecule has 0 spiro atoms. The lowest BCUT2D eigenvalue weighted by molar-refractivity contribution is -0.121. The molecule has 2 aromatic rings. The number of ether oxygens (including phenoxy) is 1. The van der Waals surface area contributed by atoms with Crippen molar-refractivity contribution in [3.05, 3.63) is 42.2 Å². The third-order valence-electron chi connectivity index (χ3n) is 3.30. The number of Topliss-reactive ketones (excluding diaryl/α,β-unsaturated/α-hetero) is 1. The second-order valence-electron chi connectivity index (χ2n) is 5.01. The molecule has 0 unspecified atom stereocenters. The maximum atomic E-state index is 12.6. The van der Waals surface area contributed by atoms with Crippen LogP contribution in [0.4, 0.5) is 0 Å². The Morgan fingerprint density at radius 3 is 2.67 bits per heavy atom. The van der Waals surface area contributed by atoms with E-state index < -0.39 is 17.6 Å². The molecular weight excluding hydrogens is 308 g/mol. The lowest BCUT2D eigenvalue weighted by Gasteiger charge is -2.07. The molecule has 0 aliphatic rings. The molecule has 1 aromatic carbocycles. The minimum Gasteiger partial charge on any atom is -0.489 e. The predicted molar refractivity (Wildman–Crippen MR) is 86.9 cm³/mol. The minimum atomic E-state index is -1.46. The highest BCUT2D eigenvalue weighted by Gasteiger charge is 2.31. The van der Waals surface area contributed by atoms with E-state index in [-0.39, 0.29) is 11.4 Å². The Bertz CT molecular complexity index is 762. The normalized spacial score (nSPS) is 11.4. The number of nitriles is 1. The average molecular weight is 326 g/mol. The van der Waals surface area contributed by atoms with Crippen molar-refractivity contribution in [2.45, 2.75) is 13.3 Å². The quantitative estimate of drug-likeness (QED) is 0.617. The molecule has 7 heteroatoms. The van der Waals surface area contributed by atoms with Gasteiger partial charge >= 0.3 is 0 Å². The zero-order valence-corrected chi connectivity index (χ0v) is 13.5. The average Bonchev–Trinajstić information content (AvgIpc) is 3.05. The molecule has 1 N–H and O–H groups in total. The van der Waals surface area contributed by atoms with Crippen molar-refractivity contribution in [1.82, 2.24) is 15.1 Å². The number of para-hydroxylation sites is 1. The third-order valence-corrected chi connectivity index (χ3v) is 3.30. The van der Waals surface area contributed by atoms with E-state index in [2.05, 4.69) is 10.4 Å². The second-order valence-corrected chi connectivity index (χ2v) is 5.01. The molecule has 2 rings (SSSR count). The van der Waals surface area contributed by atoms with Crippen molar-refractivity contribution in [2.75, 3.05) is 13.7 Å². The van der Waals surface area contributed by atoms with E-state index in [1.807, 2.05) is 37.3 Å². The van der Waals surface area contributed by atoms with Crippen LogP contribution in [0.2, 0.25) is 0 Å². The van der Waals surface area contributed by atoms with Gasteiger partial charge in [-0.1, -0.05) is 25.1 Å². The number of nitrogens with zero attached hydrogens (tertiary/aromatic N) is 3. The summed E-state index contributed by atoms with van der Waals surface area (Å²) in [4.78, 5) is 24.3. The largest absolute Gasteiger partial charge is 0.489 e. The summed E-state index contributed by atoms with van der Waals surface area (Å²) in [6, 6.07) is 10.9. The Hall–Kier alpha value is -3.14. The fraction of sp³-hybridized carbons (Fsp3) is 0.294. The number of carbonyl (C=O) groups is 2. The van der Waals surface area contributed by atoms with Crippen molar-refractivity contribution < 1.29 is 14.3 Å². The summed E-state index contributed by atoms with van der Waals surface area (Å²) in [6.07, 6.45) is 2.33. The molecule has 1 atom stereocenters. The smallest absolute Gasteiger partial charge is 0.245 e. The van der Waals surface area contributed by atoms with Gasteiger partial charge in [0, 0.05) is 7.05 Å². The van der Waals surface area contributed by atoms with Crippen molar-refractivity contribution in [2.24, 2.45) is 5.92 Å². The summed E-state index contributed by atoms with van der Waals surface area (Å²) in [5.74, 6) is -2.55. The van der Waals surface area contributed by atoms with Gasteiger partial charge in [-0.25, -0.2) is 4.68 Å². The number of benzene rings is 1. The molecule has 24 heavy (non-hydrogen) atoms. The standard InChI is InChI=1S/C17H18N4O3/c1-3-9-24-14-11-21(12-7-5-4-6-8-12)20-15(14)16(22)13(10-18)17(23)19-2/h4-8,11,13H,3,9H2,1-2H3,(H,19,23)/t13-/m0/s1. The van der Waals surface area contributed by atoms with E-state index >= 15 is 0 Å². The van der Waals surface area contributed by atoms with Crippen LogP contribution < -0.4 is 10.1 Å². The van der Waals surface area contributed by atoms with Crippen molar-refractivity contribution >= 4 is 11.7 Å². The first kappa shape index (κ1) is 17.2. The molecule has 7 nitrogen and oxygen atoms in total. The molecular formula is C17H18N4O3. The molecule has 0 saturated heterocycles. The van der Waals surface area contributed by atoms with Gasteiger partial charge in [-0.15, -0.1) is 0 Å². The van der Waals surface area contributed by atoms with E-state index in [1.165, 1.54) is 11.7 Å². The molecule has 1 heterocycles. The first-order chi connectivity index (χ1) is 11.6. The molecule has 0 aliphatic carbocycles. The van der Waals surface area contributed by atoms with E-state index in [1.54, 1.807) is 12.3 Å². The van der Waals surface area contributed by atoms with Crippen LogP contribution in [0.25, 0.3) is 5.69 Å². The highest BCUT2D eigenvalue weighted by Crippen LogP contribution is 2.23. The molecule has 1 amide bonds. The van der Waals surface area contributed by atoms with Gasteiger partial charge in [-0.2, -0.15) is 10.4 Å². The Kier molecular flexibility index (Phi) is 5.68. The second kappa shape index (κ2) is 7.92. The molecule has 0 saturated carbocycles. The van der Waals surface area contributed by atoms with Gasteiger partial charge < -0.3 is 10.1 Å². The SMILES string of the molecule is CCCOc1cn(-c2ccccc2)nc1C(=O)[C@H](C#N)C(=O)NC. The van der Waals surface area contributed by atoms with Crippen LogP contribution >= 0.6 is 0 Å². The molecule has 124 valence electrons. The lowest BCUT2D eigenvalue weighted by Crippen LogP contribution is -2.32. The summed E-state index contributed by atoms with van der Waals surface area (Å²) in [7, 11) is 1.37. The maximum absolute atomic E-state index is 12.6. The van der Waals surface area contributed by atoms with E-state index in [4.69, 9.17) is 10.00 Å². The number of ketones is 1. The van der Waals surface area contributed by atoms with Crippen LogP contribution in [0.15, 0.2) is 36.5 Å². The van der Waals surface area contributed by atoms with Gasteiger partial charge in [-0.05, 0) is 18.6 Å². The van der Waals surface area contributed by atoms with Crippen LogP contribution in [-0.4, -0.2) is 35.1 Å². The van der Waals surface area contributed by atoms with Crippen LogP contribution in [-0.2, 0) is 4.79 Å². The van der Waals surface area contributed by atoms with E-state index in [0.717, 1.165) is 12.1 Å². The Morgan fingerprint density at radius 1 is 1.38 bits per heavy atom. The third kappa shape index (κ3) is 3.60. The number of aromatic nitrogens is 2. The molecule has 0 aliphatic heterocycles. The number of rotatable bonds is 7. The van der Waals surface area contributed by atoms with Crippen LogP contribution in [0.1, 0.15) is 23.8 Å². The molecule has 0 bridgehead atoms. The van der Waals surface area contributed by atoms with Gasteiger partial charge in [0.2, 0.25) is 11.7 Å². The van der Waals surface area contributed by atoms with Crippen molar-refractivity contribution in [3.63, 3.8) is 0 Å². The van der Waals surface area contributed by atoms with Gasteiger partial charge in [0.25, 0.3) is 0 Å². The fourth-order valence-electron chi connectivity index (χ4n) is 2.08. The first-order valence-electron chi connectivity index (χ1n) is 7.55. The molecule has 0 radical (unpaired) electrons. The van der Waals surface area contributed by atoms with Gasteiger partial charge in [0.15, 0.2) is 17.4 Å². The van der Waals surface area contributed by atoms with E-state index in [0.29, 0.717) is 6.61 Å². The first-order valence-corrected chi connectivity index (χ1v) is 7.55. The summed E-state index contributed by atoms with van der Waals surface area (Å²) >= 11 is 0. The minimum absolute atomic E-state index is 0.0255. The Labute approximate surface area is 139 Å². The summed E-state index contributed by atoms with van der Waals surface area (Å²) in [6.45, 7) is 2.34. The van der Waals surface area contributed by atoms with Crippen LogP contribution in [0, 0.1) is 17.2 Å². The summed E-state index contributed by atoms with van der Waals surface area (Å²) in [5.41, 5.74) is 0.716. The van der Waals surface area contributed by atoms with Crippen molar-refractivity contribution in [1.29, 1.82) is 5.26 Å². The van der Waals surface area contributed by atoms with Gasteiger partial charge in [0.05, 0.1) is 24.6 Å².